The predicted molar refractivity (Wildman–Crippen MR) is 119 cm³/mol. The molecule has 5 nitrogen and oxygen atoms in total. The quantitative estimate of drug-likeness (QED) is 0.624. The Morgan fingerprint density at radius 3 is 2.53 bits per heavy atom. The van der Waals surface area contributed by atoms with Crippen molar-refractivity contribution in [1.29, 1.82) is 0 Å². The summed E-state index contributed by atoms with van der Waals surface area (Å²) >= 11 is 0. The Labute approximate surface area is 183 Å². The lowest BCUT2D eigenvalue weighted by atomic mass is 9.88. The molecule has 6 heteroatoms. The number of amides is 1. The average Bonchev–Trinajstić information content (AvgIpc) is 3.44. The number of aromatic nitrogens is 1. The Bertz CT molecular complexity index is 1040. The van der Waals surface area contributed by atoms with Crippen molar-refractivity contribution in [3.05, 3.63) is 77.5 Å². The van der Waals surface area contributed by atoms with Gasteiger partial charge in [0.15, 0.2) is 11.5 Å². The van der Waals surface area contributed by atoms with Crippen molar-refractivity contribution >= 4 is 18.3 Å². The van der Waals surface area contributed by atoms with Gasteiger partial charge in [-0.05, 0) is 31.0 Å². The van der Waals surface area contributed by atoms with Crippen molar-refractivity contribution in [2.45, 2.75) is 13.0 Å². The molecule has 2 aliphatic heterocycles. The third-order valence-electron chi connectivity index (χ3n) is 6.48. The van der Waals surface area contributed by atoms with Crippen LogP contribution in [0.4, 0.5) is 0 Å². The molecule has 30 heavy (non-hydrogen) atoms. The summed E-state index contributed by atoms with van der Waals surface area (Å²) in [6.07, 6.45) is 0. The number of likely N-dealkylation sites (tertiary alicyclic amines) is 2. The van der Waals surface area contributed by atoms with Crippen LogP contribution in [0.25, 0.3) is 11.3 Å². The second-order valence-electron chi connectivity index (χ2n) is 8.32. The van der Waals surface area contributed by atoms with Crippen LogP contribution < -0.4 is 0 Å². The molecule has 2 fully saturated rings. The van der Waals surface area contributed by atoms with E-state index in [0.717, 1.165) is 25.2 Å². The normalized spacial score (nSPS) is 23.3. The second kappa shape index (κ2) is 8.25. The molecule has 0 unspecified atom stereocenters. The lowest BCUT2D eigenvalue weighted by molar-refractivity contribution is 0.0757. The van der Waals surface area contributed by atoms with Crippen LogP contribution in [0.2, 0.25) is 0 Å². The Morgan fingerprint density at radius 2 is 1.77 bits per heavy atom. The SMILES string of the molecule is Cc1ccccc1[C@@H]1[C@@H]2CN(C(=O)c3cc(-c4ccccc4)on3)C[C@@H]2CN1C.Cl. The van der Waals surface area contributed by atoms with Crippen molar-refractivity contribution in [2.75, 3.05) is 26.7 Å². The van der Waals surface area contributed by atoms with E-state index in [2.05, 4.69) is 48.3 Å². The molecule has 0 spiro atoms. The highest BCUT2D eigenvalue weighted by Crippen LogP contribution is 2.45. The Balaban J connectivity index is 0.00000218. The minimum absolute atomic E-state index is 0. The molecule has 0 bridgehead atoms. The van der Waals surface area contributed by atoms with Gasteiger partial charge < -0.3 is 9.42 Å². The van der Waals surface area contributed by atoms with Crippen molar-refractivity contribution < 1.29 is 9.32 Å². The fourth-order valence-corrected chi connectivity index (χ4v) is 5.09. The number of aryl methyl sites for hydroxylation is 1. The third kappa shape index (κ3) is 3.53. The van der Waals surface area contributed by atoms with Gasteiger partial charge in [-0.2, -0.15) is 0 Å². The van der Waals surface area contributed by atoms with Crippen LogP contribution >= 0.6 is 12.4 Å². The van der Waals surface area contributed by atoms with E-state index < -0.39 is 0 Å². The summed E-state index contributed by atoms with van der Waals surface area (Å²) in [5, 5.41) is 4.06. The van der Waals surface area contributed by atoms with Crippen molar-refractivity contribution in [2.24, 2.45) is 11.8 Å². The van der Waals surface area contributed by atoms with Crippen LogP contribution in [0.15, 0.2) is 65.2 Å². The summed E-state index contributed by atoms with van der Waals surface area (Å²) < 4.78 is 5.44. The number of fused-ring (bicyclic) bond motifs is 1. The summed E-state index contributed by atoms with van der Waals surface area (Å²) in [7, 11) is 2.20. The summed E-state index contributed by atoms with van der Waals surface area (Å²) in [5.74, 6) is 1.54. The molecular formula is C24H26ClN3O2. The molecule has 5 rings (SSSR count). The maximum atomic E-state index is 13.1. The van der Waals surface area contributed by atoms with E-state index in [1.807, 2.05) is 35.2 Å². The number of carbonyl (C=O) groups excluding carboxylic acids is 1. The lowest BCUT2D eigenvalue weighted by Gasteiger charge is -2.27. The monoisotopic (exact) mass is 423 g/mol. The fraction of sp³-hybridized carbons (Fsp3) is 0.333. The number of hydrogen-bond acceptors (Lipinski definition) is 4. The maximum absolute atomic E-state index is 13.1. The molecule has 3 aromatic rings. The zero-order valence-corrected chi connectivity index (χ0v) is 18.0. The van der Waals surface area contributed by atoms with E-state index in [1.54, 1.807) is 6.07 Å². The van der Waals surface area contributed by atoms with Crippen LogP contribution in [0.5, 0.6) is 0 Å². The smallest absolute Gasteiger partial charge is 0.276 e. The van der Waals surface area contributed by atoms with Gasteiger partial charge in [-0.1, -0.05) is 59.8 Å². The standard InChI is InChI=1S/C24H25N3O2.ClH/c1-16-8-6-7-11-19(16)23-20-15-27(14-18(20)13-26(23)2)24(28)21-12-22(29-25-21)17-9-4-3-5-10-17;/h3-12,18,20,23H,13-15H2,1-2H3;1H/t18-,20+,23+;/m0./s1. The minimum Gasteiger partial charge on any atom is -0.355 e. The zero-order chi connectivity index (χ0) is 20.0. The van der Waals surface area contributed by atoms with Gasteiger partial charge in [-0.25, -0.2) is 0 Å². The van der Waals surface area contributed by atoms with E-state index >= 15 is 0 Å². The minimum atomic E-state index is -0.0310. The average molecular weight is 424 g/mol. The first kappa shape index (κ1) is 20.6. The molecule has 0 saturated carbocycles. The Hall–Kier alpha value is -2.63. The molecule has 156 valence electrons. The molecule has 1 amide bonds. The number of nitrogens with zero attached hydrogens (tertiary/aromatic N) is 3. The third-order valence-corrected chi connectivity index (χ3v) is 6.48. The van der Waals surface area contributed by atoms with E-state index in [4.69, 9.17) is 4.52 Å². The highest BCUT2D eigenvalue weighted by molar-refractivity contribution is 5.93. The van der Waals surface area contributed by atoms with Crippen LogP contribution in [0.3, 0.4) is 0 Å². The molecule has 0 radical (unpaired) electrons. The largest absolute Gasteiger partial charge is 0.355 e. The van der Waals surface area contributed by atoms with Gasteiger partial charge in [0, 0.05) is 43.2 Å². The molecular weight excluding hydrogens is 398 g/mol. The van der Waals surface area contributed by atoms with Gasteiger partial charge >= 0.3 is 0 Å². The van der Waals surface area contributed by atoms with Gasteiger partial charge in [0.1, 0.15) is 0 Å². The molecule has 0 N–H and O–H groups in total. The van der Waals surface area contributed by atoms with Crippen molar-refractivity contribution in [1.82, 2.24) is 15.0 Å². The molecule has 3 atom stereocenters. The van der Waals surface area contributed by atoms with Crippen LogP contribution in [0.1, 0.15) is 27.7 Å². The van der Waals surface area contributed by atoms with E-state index in [-0.39, 0.29) is 18.3 Å². The lowest BCUT2D eigenvalue weighted by Crippen LogP contribution is -2.33. The summed E-state index contributed by atoms with van der Waals surface area (Å²) in [5.41, 5.74) is 4.02. The first-order chi connectivity index (χ1) is 14.1. The first-order valence-corrected chi connectivity index (χ1v) is 10.2. The van der Waals surface area contributed by atoms with Crippen molar-refractivity contribution in [3.8, 4) is 11.3 Å². The molecule has 0 aliphatic carbocycles. The molecule has 2 aromatic carbocycles. The highest BCUT2D eigenvalue weighted by atomic mass is 35.5. The van der Waals surface area contributed by atoms with E-state index in [9.17, 15) is 4.79 Å². The van der Waals surface area contributed by atoms with Gasteiger partial charge in [-0.3, -0.25) is 9.69 Å². The Morgan fingerprint density at radius 1 is 1.03 bits per heavy atom. The topological polar surface area (TPSA) is 49.6 Å². The maximum Gasteiger partial charge on any atom is 0.276 e. The first-order valence-electron chi connectivity index (χ1n) is 10.2. The fourth-order valence-electron chi connectivity index (χ4n) is 5.09. The Kier molecular flexibility index (Phi) is 5.67. The number of rotatable bonds is 3. The zero-order valence-electron chi connectivity index (χ0n) is 17.2. The van der Waals surface area contributed by atoms with Gasteiger partial charge in [0.05, 0.1) is 0 Å². The predicted octanol–water partition coefficient (Wildman–Crippen LogP) is 4.45. The van der Waals surface area contributed by atoms with Gasteiger partial charge in [-0.15, -0.1) is 12.4 Å². The molecule has 2 saturated heterocycles. The summed E-state index contributed by atoms with van der Waals surface area (Å²) in [4.78, 5) is 17.5. The number of carbonyl (C=O) groups is 1. The number of halogens is 1. The van der Waals surface area contributed by atoms with E-state index in [1.165, 1.54) is 11.1 Å². The van der Waals surface area contributed by atoms with Crippen LogP contribution in [-0.2, 0) is 0 Å². The summed E-state index contributed by atoms with van der Waals surface area (Å²) in [6.45, 7) is 4.74. The van der Waals surface area contributed by atoms with Crippen LogP contribution in [0, 0.1) is 18.8 Å². The second-order valence-corrected chi connectivity index (χ2v) is 8.32. The molecule has 1 aromatic heterocycles. The summed E-state index contributed by atoms with van der Waals surface area (Å²) in [6, 6.07) is 20.5. The van der Waals surface area contributed by atoms with Gasteiger partial charge in [0.2, 0.25) is 0 Å². The highest BCUT2D eigenvalue weighted by Gasteiger charge is 2.47. The number of hydrogen-bond donors (Lipinski definition) is 0. The molecule has 2 aliphatic rings. The van der Waals surface area contributed by atoms with Crippen molar-refractivity contribution in [3.63, 3.8) is 0 Å². The van der Waals surface area contributed by atoms with E-state index in [0.29, 0.717) is 29.3 Å². The molecule has 3 heterocycles. The van der Waals surface area contributed by atoms with Gasteiger partial charge in [0.25, 0.3) is 5.91 Å². The number of benzene rings is 2. The van der Waals surface area contributed by atoms with Crippen LogP contribution in [-0.4, -0.2) is 47.5 Å².